The molecule has 130 valence electrons. The number of carbonyl (C=O) groups is 2. The van der Waals surface area contributed by atoms with Crippen molar-refractivity contribution in [3.63, 3.8) is 0 Å². The number of anilines is 1. The SMILES string of the molecule is C[C@H]1C[C@@H](C(=O)NC2CCCN(c3ccccc3Cl)C2=O)CCN1. The van der Waals surface area contributed by atoms with Crippen LogP contribution in [0.1, 0.15) is 32.6 Å². The van der Waals surface area contributed by atoms with E-state index in [9.17, 15) is 9.59 Å². The normalized spacial score (nSPS) is 27.8. The Morgan fingerprint density at radius 3 is 2.88 bits per heavy atom. The first kappa shape index (κ1) is 17.2. The summed E-state index contributed by atoms with van der Waals surface area (Å²) in [6.07, 6.45) is 3.18. The van der Waals surface area contributed by atoms with Crippen molar-refractivity contribution in [1.29, 1.82) is 0 Å². The van der Waals surface area contributed by atoms with E-state index in [0.717, 1.165) is 31.5 Å². The lowest BCUT2D eigenvalue weighted by Crippen LogP contribution is -2.54. The van der Waals surface area contributed by atoms with Crippen molar-refractivity contribution in [2.45, 2.75) is 44.7 Å². The van der Waals surface area contributed by atoms with Crippen LogP contribution in [0.5, 0.6) is 0 Å². The van der Waals surface area contributed by atoms with Crippen LogP contribution >= 0.6 is 11.6 Å². The number of nitrogens with one attached hydrogen (secondary N) is 2. The molecule has 3 rings (SSSR count). The fraction of sp³-hybridized carbons (Fsp3) is 0.556. The molecule has 5 nitrogen and oxygen atoms in total. The van der Waals surface area contributed by atoms with E-state index in [-0.39, 0.29) is 17.7 Å². The zero-order valence-electron chi connectivity index (χ0n) is 13.9. The van der Waals surface area contributed by atoms with Crippen LogP contribution in [0.15, 0.2) is 24.3 Å². The monoisotopic (exact) mass is 349 g/mol. The third-order valence-electron chi connectivity index (χ3n) is 4.89. The number of halogens is 1. The number of amides is 2. The number of rotatable bonds is 3. The van der Waals surface area contributed by atoms with Gasteiger partial charge in [0.1, 0.15) is 6.04 Å². The number of carbonyl (C=O) groups excluding carboxylic acids is 2. The van der Waals surface area contributed by atoms with E-state index in [2.05, 4.69) is 17.6 Å². The van der Waals surface area contributed by atoms with Gasteiger partial charge in [-0.2, -0.15) is 0 Å². The van der Waals surface area contributed by atoms with Crippen LogP contribution in [0.25, 0.3) is 0 Å². The molecule has 0 saturated carbocycles. The van der Waals surface area contributed by atoms with E-state index in [0.29, 0.717) is 24.0 Å². The minimum absolute atomic E-state index is 0.00251. The minimum Gasteiger partial charge on any atom is -0.344 e. The topological polar surface area (TPSA) is 61.4 Å². The smallest absolute Gasteiger partial charge is 0.249 e. The molecule has 0 bridgehead atoms. The minimum atomic E-state index is -0.451. The Hall–Kier alpha value is -1.59. The van der Waals surface area contributed by atoms with Gasteiger partial charge in [-0.25, -0.2) is 0 Å². The molecule has 2 N–H and O–H groups in total. The van der Waals surface area contributed by atoms with Gasteiger partial charge in [0.15, 0.2) is 0 Å². The summed E-state index contributed by atoms with van der Waals surface area (Å²) in [5.74, 6) is -0.0721. The number of hydrogen-bond acceptors (Lipinski definition) is 3. The van der Waals surface area contributed by atoms with Gasteiger partial charge in [0.2, 0.25) is 11.8 Å². The summed E-state index contributed by atoms with van der Waals surface area (Å²) in [6.45, 7) is 3.58. The summed E-state index contributed by atoms with van der Waals surface area (Å²) >= 11 is 6.23. The van der Waals surface area contributed by atoms with E-state index < -0.39 is 6.04 Å². The van der Waals surface area contributed by atoms with Crippen LogP contribution < -0.4 is 15.5 Å². The molecule has 1 unspecified atom stereocenters. The summed E-state index contributed by atoms with van der Waals surface area (Å²) in [5, 5.41) is 6.88. The molecule has 2 saturated heterocycles. The van der Waals surface area contributed by atoms with Crippen molar-refractivity contribution in [2.24, 2.45) is 5.92 Å². The lowest BCUT2D eigenvalue weighted by Gasteiger charge is -2.34. The van der Waals surface area contributed by atoms with Crippen molar-refractivity contribution in [3.8, 4) is 0 Å². The third kappa shape index (κ3) is 3.73. The third-order valence-corrected chi connectivity index (χ3v) is 5.21. The van der Waals surface area contributed by atoms with Gasteiger partial charge >= 0.3 is 0 Å². The van der Waals surface area contributed by atoms with Crippen molar-refractivity contribution >= 4 is 29.1 Å². The van der Waals surface area contributed by atoms with Crippen molar-refractivity contribution < 1.29 is 9.59 Å². The van der Waals surface area contributed by atoms with Gasteiger partial charge in [-0.3, -0.25) is 9.59 Å². The second-order valence-electron chi connectivity index (χ2n) is 6.72. The zero-order valence-corrected chi connectivity index (χ0v) is 14.7. The molecule has 1 aromatic rings. The largest absolute Gasteiger partial charge is 0.344 e. The van der Waals surface area contributed by atoms with Crippen LogP contribution in [0, 0.1) is 5.92 Å². The van der Waals surface area contributed by atoms with Crippen LogP contribution in [0.4, 0.5) is 5.69 Å². The Morgan fingerprint density at radius 2 is 2.12 bits per heavy atom. The highest BCUT2D eigenvalue weighted by Gasteiger charge is 2.34. The highest BCUT2D eigenvalue weighted by Crippen LogP contribution is 2.28. The quantitative estimate of drug-likeness (QED) is 0.880. The number of para-hydroxylation sites is 1. The van der Waals surface area contributed by atoms with Crippen LogP contribution in [0.2, 0.25) is 5.02 Å². The van der Waals surface area contributed by atoms with Crippen LogP contribution in [-0.4, -0.2) is 37.0 Å². The maximum absolute atomic E-state index is 12.8. The highest BCUT2D eigenvalue weighted by molar-refractivity contribution is 6.33. The van der Waals surface area contributed by atoms with Gasteiger partial charge in [-0.1, -0.05) is 23.7 Å². The van der Waals surface area contributed by atoms with Gasteiger partial charge in [0.05, 0.1) is 10.7 Å². The van der Waals surface area contributed by atoms with E-state index in [1.807, 2.05) is 18.2 Å². The lowest BCUT2D eigenvalue weighted by atomic mass is 9.92. The van der Waals surface area contributed by atoms with Gasteiger partial charge in [0.25, 0.3) is 0 Å². The molecule has 6 heteroatoms. The maximum Gasteiger partial charge on any atom is 0.249 e. The molecule has 1 aromatic carbocycles. The maximum atomic E-state index is 12.8. The molecule has 2 amide bonds. The molecule has 24 heavy (non-hydrogen) atoms. The fourth-order valence-electron chi connectivity index (χ4n) is 3.58. The second kappa shape index (κ2) is 7.53. The summed E-state index contributed by atoms with van der Waals surface area (Å²) in [6, 6.07) is 7.23. The molecule has 2 heterocycles. The molecule has 2 fully saturated rings. The zero-order chi connectivity index (χ0) is 17.1. The van der Waals surface area contributed by atoms with E-state index in [1.54, 1.807) is 11.0 Å². The first-order chi connectivity index (χ1) is 11.6. The molecular weight excluding hydrogens is 326 g/mol. The fourth-order valence-corrected chi connectivity index (χ4v) is 3.82. The van der Waals surface area contributed by atoms with E-state index in [1.165, 1.54) is 0 Å². The highest BCUT2D eigenvalue weighted by atomic mass is 35.5. The summed E-state index contributed by atoms with van der Waals surface area (Å²) in [4.78, 5) is 27.0. The lowest BCUT2D eigenvalue weighted by molar-refractivity contribution is -0.131. The van der Waals surface area contributed by atoms with Crippen LogP contribution in [0.3, 0.4) is 0 Å². The number of hydrogen-bond donors (Lipinski definition) is 2. The number of benzene rings is 1. The van der Waals surface area contributed by atoms with Gasteiger partial charge in [0, 0.05) is 18.5 Å². The molecule has 0 aromatic heterocycles. The predicted octanol–water partition coefficient (Wildman–Crippen LogP) is 2.34. The van der Waals surface area contributed by atoms with Crippen molar-refractivity contribution in [1.82, 2.24) is 10.6 Å². The van der Waals surface area contributed by atoms with Gasteiger partial charge in [-0.15, -0.1) is 0 Å². The molecule has 2 aliphatic heterocycles. The molecule has 0 radical (unpaired) electrons. The first-order valence-electron chi connectivity index (χ1n) is 8.66. The van der Waals surface area contributed by atoms with Crippen LogP contribution in [-0.2, 0) is 9.59 Å². The van der Waals surface area contributed by atoms with Gasteiger partial charge < -0.3 is 15.5 Å². The Labute approximate surface area is 147 Å². The average Bonchev–Trinajstić information content (AvgIpc) is 2.57. The molecule has 2 aliphatic rings. The Bertz CT molecular complexity index is 622. The number of nitrogens with zero attached hydrogens (tertiary/aromatic N) is 1. The van der Waals surface area contributed by atoms with E-state index in [4.69, 9.17) is 11.6 Å². The van der Waals surface area contributed by atoms with Crippen molar-refractivity contribution in [3.05, 3.63) is 29.3 Å². The average molecular weight is 350 g/mol. The molecule has 0 aliphatic carbocycles. The second-order valence-corrected chi connectivity index (χ2v) is 7.13. The van der Waals surface area contributed by atoms with Gasteiger partial charge in [-0.05, 0) is 51.3 Å². The molecule has 3 atom stereocenters. The first-order valence-corrected chi connectivity index (χ1v) is 9.03. The summed E-state index contributed by atoms with van der Waals surface area (Å²) in [7, 11) is 0. The predicted molar refractivity (Wildman–Crippen MR) is 95.2 cm³/mol. The summed E-state index contributed by atoms with van der Waals surface area (Å²) < 4.78 is 0. The molecular formula is C18H24ClN3O2. The Kier molecular flexibility index (Phi) is 5.41. The Morgan fingerprint density at radius 1 is 1.33 bits per heavy atom. The Balaban J connectivity index is 1.67. The van der Waals surface area contributed by atoms with E-state index >= 15 is 0 Å². The number of piperidine rings is 2. The van der Waals surface area contributed by atoms with Crippen molar-refractivity contribution in [2.75, 3.05) is 18.0 Å². The summed E-state index contributed by atoms with van der Waals surface area (Å²) in [5.41, 5.74) is 0.721. The standard InChI is InChI=1S/C18H24ClN3O2/c1-12-11-13(8-9-20-12)17(23)21-15-6-4-10-22(18(15)24)16-7-3-2-5-14(16)19/h2-3,5,7,12-13,15,20H,4,6,8-11H2,1H3,(H,21,23)/t12-,13-,15?/m0/s1. The molecule has 0 spiro atoms.